The van der Waals surface area contributed by atoms with Gasteiger partial charge in [-0.2, -0.15) is 0 Å². The van der Waals surface area contributed by atoms with Crippen LogP contribution in [0.25, 0.3) is 10.4 Å². The van der Waals surface area contributed by atoms with Crippen LogP contribution in [-0.2, 0) is 4.79 Å². The summed E-state index contributed by atoms with van der Waals surface area (Å²) in [6, 6.07) is 6.72. The molecule has 0 spiro atoms. The fourth-order valence-corrected chi connectivity index (χ4v) is 5.47. The van der Waals surface area contributed by atoms with Gasteiger partial charge in [0.2, 0.25) is 11.8 Å². The Morgan fingerprint density at radius 3 is 2.71 bits per heavy atom. The molecule has 28 heavy (non-hydrogen) atoms. The number of aryl methyl sites for hydroxylation is 2. The minimum Gasteiger partial charge on any atom is -0.368 e. The summed E-state index contributed by atoms with van der Waals surface area (Å²) in [7, 11) is 0. The van der Waals surface area contributed by atoms with Crippen LogP contribution >= 0.6 is 11.3 Å². The number of fused-ring (bicyclic) bond motifs is 1. The van der Waals surface area contributed by atoms with E-state index in [9.17, 15) is 18.4 Å². The van der Waals surface area contributed by atoms with Gasteiger partial charge in [0.1, 0.15) is 11.7 Å². The van der Waals surface area contributed by atoms with E-state index in [1.807, 2.05) is 38.1 Å². The predicted molar refractivity (Wildman–Crippen MR) is 102 cm³/mol. The molecule has 1 saturated heterocycles. The lowest BCUT2D eigenvalue weighted by Crippen LogP contribution is -2.47. The number of amides is 2. The molecule has 2 amide bonds. The lowest BCUT2D eigenvalue weighted by Gasteiger charge is -2.26. The van der Waals surface area contributed by atoms with Gasteiger partial charge in [0.25, 0.3) is 5.91 Å². The number of alkyl halides is 2. The minimum atomic E-state index is -2.80. The molecule has 1 aliphatic carbocycles. The second kappa shape index (κ2) is 6.62. The molecule has 148 valence electrons. The molecule has 1 aromatic carbocycles. The van der Waals surface area contributed by atoms with Gasteiger partial charge >= 0.3 is 0 Å². The summed E-state index contributed by atoms with van der Waals surface area (Å²) in [4.78, 5) is 31.9. The summed E-state index contributed by atoms with van der Waals surface area (Å²) in [6.45, 7) is 3.88. The van der Waals surface area contributed by atoms with Crippen molar-refractivity contribution >= 4 is 23.2 Å². The highest BCUT2D eigenvalue weighted by Crippen LogP contribution is 2.50. The molecule has 2 aliphatic rings. The van der Waals surface area contributed by atoms with Crippen LogP contribution in [0.3, 0.4) is 0 Å². The van der Waals surface area contributed by atoms with Gasteiger partial charge < -0.3 is 10.6 Å². The number of halogens is 2. The fourth-order valence-electron chi connectivity index (χ4n) is 4.56. The number of thiazole rings is 1. The number of hydrogen-bond donors (Lipinski definition) is 1. The summed E-state index contributed by atoms with van der Waals surface area (Å²) < 4.78 is 27.6. The van der Waals surface area contributed by atoms with Gasteiger partial charge in [-0.1, -0.05) is 29.8 Å². The Balaban J connectivity index is 1.70. The molecule has 5 nitrogen and oxygen atoms in total. The van der Waals surface area contributed by atoms with E-state index in [4.69, 9.17) is 5.73 Å². The van der Waals surface area contributed by atoms with Gasteiger partial charge in [-0.15, -0.1) is 11.3 Å². The summed E-state index contributed by atoms with van der Waals surface area (Å²) in [5.74, 6) is -4.97. The van der Waals surface area contributed by atoms with Crippen LogP contribution in [0.2, 0.25) is 0 Å². The third kappa shape index (κ3) is 3.19. The average Bonchev–Trinajstić information content (AvgIpc) is 3.23. The van der Waals surface area contributed by atoms with Crippen LogP contribution in [0.15, 0.2) is 24.3 Å². The van der Waals surface area contributed by atoms with Crippen molar-refractivity contribution in [1.29, 1.82) is 0 Å². The molecule has 4 rings (SSSR count). The first-order chi connectivity index (χ1) is 13.2. The van der Waals surface area contributed by atoms with Gasteiger partial charge in [-0.05, 0) is 31.2 Å². The van der Waals surface area contributed by atoms with Gasteiger partial charge in [-0.3, -0.25) is 9.59 Å². The first kappa shape index (κ1) is 19.0. The first-order valence-electron chi connectivity index (χ1n) is 9.19. The lowest BCUT2D eigenvalue weighted by molar-refractivity contribution is -0.123. The number of benzene rings is 1. The lowest BCUT2D eigenvalue weighted by atomic mass is 9.93. The highest BCUT2D eigenvalue weighted by molar-refractivity contribution is 7.15. The van der Waals surface area contributed by atoms with E-state index in [2.05, 4.69) is 4.98 Å². The average molecular weight is 405 g/mol. The number of aromatic nitrogens is 1. The van der Waals surface area contributed by atoms with Gasteiger partial charge in [0.05, 0.1) is 9.88 Å². The van der Waals surface area contributed by atoms with E-state index in [0.717, 1.165) is 21.0 Å². The van der Waals surface area contributed by atoms with Crippen LogP contribution in [0, 0.1) is 25.7 Å². The minimum absolute atomic E-state index is 0.108. The van der Waals surface area contributed by atoms with E-state index in [0.29, 0.717) is 0 Å². The van der Waals surface area contributed by atoms with E-state index in [1.165, 1.54) is 16.2 Å². The largest absolute Gasteiger partial charge is 0.368 e. The quantitative estimate of drug-likeness (QED) is 0.850. The molecule has 2 aromatic rings. The van der Waals surface area contributed by atoms with E-state index < -0.39 is 42.0 Å². The Bertz CT molecular complexity index is 959. The topological polar surface area (TPSA) is 76.3 Å². The number of likely N-dealkylation sites (tertiary alicyclic amines) is 1. The standard InChI is InChI=1S/C20H21F2N3O2S/c1-10-4-3-5-12(6-10)17-15(24-11(2)28-17)19(27)25-9-13-7-20(21,22)8-14(13)16(25)18(23)26/h3-6,13-14,16H,7-9H2,1-2H3,(H2,23,26). The highest BCUT2D eigenvalue weighted by atomic mass is 32.1. The van der Waals surface area contributed by atoms with Crippen molar-refractivity contribution in [2.45, 2.75) is 38.7 Å². The maximum absolute atomic E-state index is 13.8. The maximum atomic E-state index is 13.8. The van der Waals surface area contributed by atoms with Crippen LogP contribution in [-0.4, -0.2) is 40.2 Å². The zero-order chi connectivity index (χ0) is 20.2. The van der Waals surface area contributed by atoms with Gasteiger partial charge in [0, 0.05) is 19.4 Å². The number of carbonyl (C=O) groups is 2. The van der Waals surface area contributed by atoms with Crippen LogP contribution in [0.5, 0.6) is 0 Å². The second-order valence-electron chi connectivity index (χ2n) is 7.77. The number of primary amides is 1. The van der Waals surface area contributed by atoms with Gasteiger partial charge in [0.15, 0.2) is 0 Å². The smallest absolute Gasteiger partial charge is 0.274 e. The zero-order valence-corrected chi connectivity index (χ0v) is 16.4. The normalized spacial score (nSPS) is 25.7. The maximum Gasteiger partial charge on any atom is 0.274 e. The third-order valence-electron chi connectivity index (χ3n) is 5.64. The molecule has 2 fully saturated rings. The molecule has 3 atom stereocenters. The molecule has 2 heterocycles. The van der Waals surface area contributed by atoms with E-state index in [-0.39, 0.29) is 18.7 Å². The summed E-state index contributed by atoms with van der Waals surface area (Å²) in [5.41, 5.74) is 7.70. The highest BCUT2D eigenvalue weighted by Gasteiger charge is 2.57. The monoisotopic (exact) mass is 405 g/mol. The fraction of sp³-hybridized carbons (Fsp3) is 0.450. The van der Waals surface area contributed by atoms with Crippen molar-refractivity contribution in [2.24, 2.45) is 17.6 Å². The summed E-state index contributed by atoms with van der Waals surface area (Å²) in [5, 5.41) is 0.724. The number of rotatable bonds is 3. The van der Waals surface area contributed by atoms with Crippen molar-refractivity contribution in [2.75, 3.05) is 6.54 Å². The van der Waals surface area contributed by atoms with Gasteiger partial charge in [-0.25, -0.2) is 13.8 Å². The molecular formula is C20H21F2N3O2S. The summed E-state index contributed by atoms with van der Waals surface area (Å²) in [6.07, 6.45) is -0.720. The predicted octanol–water partition coefficient (Wildman–Crippen LogP) is 3.40. The van der Waals surface area contributed by atoms with E-state index in [1.54, 1.807) is 0 Å². The molecule has 0 radical (unpaired) electrons. The van der Waals surface area contributed by atoms with E-state index >= 15 is 0 Å². The van der Waals surface area contributed by atoms with Crippen molar-refractivity contribution < 1.29 is 18.4 Å². The second-order valence-corrected chi connectivity index (χ2v) is 8.98. The molecule has 1 aliphatic heterocycles. The third-order valence-corrected chi connectivity index (χ3v) is 6.66. The van der Waals surface area contributed by atoms with Crippen molar-refractivity contribution in [3.63, 3.8) is 0 Å². The Morgan fingerprint density at radius 2 is 2.04 bits per heavy atom. The molecule has 1 saturated carbocycles. The number of hydrogen-bond acceptors (Lipinski definition) is 4. The number of nitrogens with two attached hydrogens (primary N) is 1. The van der Waals surface area contributed by atoms with Crippen LogP contribution in [0.1, 0.15) is 33.9 Å². The Morgan fingerprint density at radius 1 is 1.29 bits per heavy atom. The Hall–Kier alpha value is -2.35. The van der Waals surface area contributed by atoms with Crippen LogP contribution in [0.4, 0.5) is 8.78 Å². The Labute approximate surface area is 165 Å². The van der Waals surface area contributed by atoms with Crippen molar-refractivity contribution in [1.82, 2.24) is 9.88 Å². The zero-order valence-electron chi connectivity index (χ0n) is 15.6. The number of carbonyl (C=O) groups excluding carboxylic acids is 2. The SMILES string of the molecule is Cc1cccc(-c2sc(C)nc2C(=O)N2CC3CC(F)(F)CC3C2C(N)=O)c1. The van der Waals surface area contributed by atoms with Crippen molar-refractivity contribution in [3.05, 3.63) is 40.5 Å². The van der Waals surface area contributed by atoms with Crippen LogP contribution < -0.4 is 5.73 Å². The summed E-state index contributed by atoms with van der Waals surface area (Å²) >= 11 is 1.40. The molecule has 2 N–H and O–H groups in total. The molecule has 1 aromatic heterocycles. The molecule has 8 heteroatoms. The molecular weight excluding hydrogens is 384 g/mol. The first-order valence-corrected chi connectivity index (χ1v) is 10.0. The molecule has 3 unspecified atom stereocenters. The molecule has 0 bridgehead atoms. The number of nitrogens with zero attached hydrogens (tertiary/aromatic N) is 2. The Kier molecular flexibility index (Phi) is 4.49. The van der Waals surface area contributed by atoms with Crippen molar-refractivity contribution in [3.8, 4) is 10.4 Å².